The molecule has 40 heavy (non-hydrogen) atoms. The molecule has 3 aliphatic rings. The quantitative estimate of drug-likeness (QED) is 0.530. The summed E-state index contributed by atoms with van der Waals surface area (Å²) >= 11 is 0. The Morgan fingerprint density at radius 2 is 1.98 bits per heavy atom. The number of nitrogens with one attached hydrogen (secondary N) is 1. The molecular weight excluding hydrogens is 513 g/mol. The fourth-order valence-electron chi connectivity index (χ4n) is 6.42. The fraction of sp³-hybridized carbons (Fsp3) is 0.621. The number of rotatable bonds is 8. The zero-order valence-corrected chi connectivity index (χ0v) is 23.9. The second-order valence-corrected chi connectivity index (χ2v) is 11.6. The van der Waals surface area contributed by atoms with Crippen molar-refractivity contribution >= 4 is 17.6 Å². The van der Waals surface area contributed by atoms with Gasteiger partial charge in [0.15, 0.2) is 5.82 Å². The van der Waals surface area contributed by atoms with Crippen LogP contribution in [0, 0.1) is 17.2 Å². The van der Waals surface area contributed by atoms with Crippen LogP contribution in [0.25, 0.3) is 0 Å². The number of hydrogen-bond donors (Lipinski definition) is 1. The second-order valence-electron chi connectivity index (χ2n) is 11.6. The summed E-state index contributed by atoms with van der Waals surface area (Å²) in [6.45, 7) is 12.3. The second kappa shape index (κ2) is 11.6. The maximum atomic E-state index is 14.2. The molecule has 0 aliphatic carbocycles. The van der Waals surface area contributed by atoms with E-state index >= 15 is 0 Å². The predicted octanol–water partition coefficient (Wildman–Crippen LogP) is 3.49. The Hall–Kier alpha value is -3.34. The third kappa shape index (κ3) is 5.48. The van der Waals surface area contributed by atoms with E-state index in [2.05, 4.69) is 32.3 Å². The van der Waals surface area contributed by atoms with E-state index in [0.29, 0.717) is 18.3 Å². The van der Waals surface area contributed by atoms with Crippen molar-refractivity contribution in [3.05, 3.63) is 35.9 Å². The Balaban J connectivity index is 1.26. The highest BCUT2D eigenvalue weighted by atomic mass is 19.1. The van der Waals surface area contributed by atoms with E-state index in [1.165, 1.54) is 24.5 Å². The molecule has 0 unspecified atom stereocenters. The molecule has 1 aromatic heterocycles. The summed E-state index contributed by atoms with van der Waals surface area (Å²) in [4.78, 5) is 36.6. The Labute approximate surface area is 235 Å². The molecule has 5 rings (SSSR count). The average Bonchev–Trinajstić information content (AvgIpc) is 3.42. The monoisotopic (exact) mass is 553 g/mol. The minimum absolute atomic E-state index is 0.0445. The van der Waals surface area contributed by atoms with Gasteiger partial charge in [-0.3, -0.25) is 9.59 Å². The molecule has 2 atom stereocenters. The number of carbonyl (C=O) groups is 2. The maximum Gasteiger partial charge on any atom is 0.282 e. The van der Waals surface area contributed by atoms with Crippen molar-refractivity contribution in [3.8, 4) is 11.6 Å². The van der Waals surface area contributed by atoms with Crippen molar-refractivity contribution < 1.29 is 18.7 Å². The fourth-order valence-corrected chi connectivity index (χ4v) is 6.42. The van der Waals surface area contributed by atoms with Crippen LogP contribution in [-0.4, -0.2) is 88.1 Å². The molecule has 1 spiro atoms. The van der Waals surface area contributed by atoms with Crippen molar-refractivity contribution in [2.24, 2.45) is 11.3 Å². The first-order valence-corrected chi connectivity index (χ1v) is 14.5. The smallest absolute Gasteiger partial charge is 0.282 e. The molecule has 3 fully saturated rings. The zero-order valence-electron chi connectivity index (χ0n) is 23.9. The molecule has 0 bridgehead atoms. The SMILES string of the molecule is CC[C@@H]1CCN[C@H]1C(=O)N1CCC2(CC1)CN(c1ncnnc1Oc1ccc(F)cc1C(=O)N(CC)C(C)C)C2. The van der Waals surface area contributed by atoms with Crippen molar-refractivity contribution in [1.82, 2.24) is 30.3 Å². The number of halogens is 1. The predicted molar refractivity (Wildman–Crippen MR) is 149 cm³/mol. The van der Waals surface area contributed by atoms with E-state index in [9.17, 15) is 14.0 Å². The molecule has 4 heterocycles. The lowest BCUT2D eigenvalue weighted by Gasteiger charge is -2.54. The Bertz CT molecular complexity index is 1230. The van der Waals surface area contributed by atoms with Crippen LogP contribution in [0.1, 0.15) is 63.7 Å². The van der Waals surface area contributed by atoms with E-state index in [-0.39, 0.29) is 46.5 Å². The summed E-state index contributed by atoms with van der Waals surface area (Å²) in [5.41, 5.74) is 0.244. The van der Waals surface area contributed by atoms with E-state index in [1.54, 1.807) is 4.90 Å². The number of aromatic nitrogens is 3. The molecule has 1 aromatic carbocycles. The van der Waals surface area contributed by atoms with Crippen LogP contribution in [0.3, 0.4) is 0 Å². The summed E-state index contributed by atoms with van der Waals surface area (Å²) in [5.74, 6) is 0.773. The van der Waals surface area contributed by atoms with Crippen LogP contribution in [0.5, 0.6) is 11.6 Å². The van der Waals surface area contributed by atoms with Crippen LogP contribution >= 0.6 is 0 Å². The summed E-state index contributed by atoms with van der Waals surface area (Å²) in [7, 11) is 0. The lowest BCUT2D eigenvalue weighted by molar-refractivity contribution is -0.136. The van der Waals surface area contributed by atoms with E-state index in [4.69, 9.17) is 4.74 Å². The maximum absolute atomic E-state index is 14.2. The molecule has 0 saturated carbocycles. The van der Waals surface area contributed by atoms with Gasteiger partial charge in [-0.25, -0.2) is 9.37 Å². The van der Waals surface area contributed by atoms with Gasteiger partial charge in [-0.1, -0.05) is 13.3 Å². The van der Waals surface area contributed by atoms with Gasteiger partial charge in [0.1, 0.15) is 17.9 Å². The van der Waals surface area contributed by atoms with Crippen molar-refractivity contribution in [2.45, 2.75) is 65.5 Å². The van der Waals surface area contributed by atoms with Gasteiger partial charge in [-0.15, -0.1) is 10.2 Å². The molecule has 216 valence electrons. The normalized spacial score (nSPS) is 21.9. The minimum atomic E-state index is -0.517. The number of carbonyl (C=O) groups excluding carboxylic acids is 2. The molecular formula is C29H40FN7O3. The molecule has 3 aliphatic heterocycles. The topological polar surface area (TPSA) is 104 Å². The van der Waals surface area contributed by atoms with Crippen LogP contribution in [0.2, 0.25) is 0 Å². The number of piperidine rings is 1. The zero-order chi connectivity index (χ0) is 28.4. The van der Waals surface area contributed by atoms with Gasteiger partial charge in [0.25, 0.3) is 11.8 Å². The summed E-state index contributed by atoms with van der Waals surface area (Å²) in [6.07, 6.45) is 5.34. The van der Waals surface area contributed by atoms with Crippen LogP contribution < -0.4 is 15.0 Å². The number of benzene rings is 1. The van der Waals surface area contributed by atoms with Gasteiger partial charge < -0.3 is 24.8 Å². The molecule has 10 nitrogen and oxygen atoms in total. The van der Waals surface area contributed by atoms with E-state index in [1.807, 2.05) is 25.7 Å². The highest BCUT2D eigenvalue weighted by Gasteiger charge is 2.48. The van der Waals surface area contributed by atoms with Crippen molar-refractivity contribution in [1.29, 1.82) is 0 Å². The van der Waals surface area contributed by atoms with Crippen molar-refractivity contribution in [2.75, 3.05) is 44.2 Å². The molecule has 0 radical (unpaired) electrons. The first-order chi connectivity index (χ1) is 19.2. The minimum Gasteiger partial charge on any atom is -0.434 e. The number of hydrogen-bond acceptors (Lipinski definition) is 8. The number of amides is 2. The standard InChI is InChI=1S/C29H40FN7O3/c1-5-20-9-12-31-24(20)28(39)35-13-10-29(11-14-35)16-36(17-29)25-26(34-33-18-32-25)40-23-8-7-21(30)15-22(23)27(38)37(6-2)19(3)4/h7-8,15,18-20,24,31H,5-6,9-14,16-17H2,1-4H3/t20-,24-/m1/s1. The van der Waals surface area contributed by atoms with Gasteiger partial charge in [-0.2, -0.15) is 0 Å². The largest absolute Gasteiger partial charge is 0.434 e. The van der Waals surface area contributed by atoms with Crippen LogP contribution in [-0.2, 0) is 4.79 Å². The third-order valence-corrected chi connectivity index (χ3v) is 8.80. The first kappa shape index (κ1) is 28.2. The highest BCUT2D eigenvalue weighted by molar-refractivity contribution is 5.97. The van der Waals surface area contributed by atoms with Crippen molar-refractivity contribution in [3.63, 3.8) is 0 Å². The number of anilines is 1. The van der Waals surface area contributed by atoms with Gasteiger partial charge >= 0.3 is 0 Å². The molecule has 2 aromatic rings. The van der Waals surface area contributed by atoms with E-state index < -0.39 is 5.82 Å². The first-order valence-electron chi connectivity index (χ1n) is 14.5. The Kier molecular flexibility index (Phi) is 8.21. The Morgan fingerprint density at radius 3 is 2.65 bits per heavy atom. The van der Waals surface area contributed by atoms with Gasteiger partial charge in [0.05, 0.1) is 11.6 Å². The molecule has 1 N–H and O–H groups in total. The molecule has 2 amide bonds. The van der Waals surface area contributed by atoms with Crippen LogP contribution in [0.4, 0.5) is 10.2 Å². The number of ether oxygens (including phenoxy) is 1. The molecule has 11 heteroatoms. The van der Waals surface area contributed by atoms with E-state index in [0.717, 1.165) is 58.4 Å². The van der Waals surface area contributed by atoms with Gasteiger partial charge in [0.2, 0.25) is 5.91 Å². The summed E-state index contributed by atoms with van der Waals surface area (Å²) in [6, 6.07) is 3.81. The lowest BCUT2D eigenvalue weighted by Crippen LogP contribution is -2.62. The Morgan fingerprint density at radius 1 is 1.23 bits per heavy atom. The highest BCUT2D eigenvalue weighted by Crippen LogP contribution is 2.44. The molecule has 3 saturated heterocycles. The summed E-state index contributed by atoms with van der Waals surface area (Å²) < 4.78 is 20.3. The lowest BCUT2D eigenvalue weighted by atomic mass is 9.72. The third-order valence-electron chi connectivity index (χ3n) is 8.80. The number of nitrogens with zero attached hydrogens (tertiary/aromatic N) is 6. The average molecular weight is 554 g/mol. The van der Waals surface area contributed by atoms with Gasteiger partial charge in [-0.05, 0) is 70.7 Å². The summed E-state index contributed by atoms with van der Waals surface area (Å²) in [5, 5.41) is 11.5. The van der Waals surface area contributed by atoms with Gasteiger partial charge in [0, 0.05) is 44.2 Å². The number of likely N-dealkylation sites (tertiary alicyclic amines) is 1. The van der Waals surface area contributed by atoms with Crippen LogP contribution in [0.15, 0.2) is 24.5 Å².